The minimum Gasteiger partial charge on any atom is -0.429 e. The Morgan fingerprint density at radius 3 is 1.12 bits per heavy atom. The van der Waals surface area contributed by atoms with Crippen molar-refractivity contribution in [3.8, 4) is 72.9 Å². The predicted octanol–water partition coefficient (Wildman–Crippen LogP) is 30.2. The molecule has 686 valence electrons. The molecule has 3 saturated heterocycles. The molecule has 0 spiro atoms. The maximum Gasteiger partial charge on any atom is 0.432 e. The third kappa shape index (κ3) is 22.0. The van der Waals surface area contributed by atoms with E-state index < -0.39 is 220 Å². The van der Waals surface area contributed by atoms with Crippen molar-refractivity contribution in [2.75, 3.05) is 19.8 Å². The summed E-state index contributed by atoms with van der Waals surface area (Å²) in [5.41, 5.74) is -11.3. The van der Waals surface area contributed by atoms with Gasteiger partial charge in [0.1, 0.15) is 121 Å². The zero-order chi connectivity index (χ0) is 94.5. The Balaban J connectivity index is 0.000000185. The van der Waals surface area contributed by atoms with E-state index in [2.05, 4.69) is 27.7 Å². The molecular formula is C94H71F29O6. The maximum atomic E-state index is 15.2. The van der Waals surface area contributed by atoms with Crippen molar-refractivity contribution in [2.45, 2.75) is 135 Å². The third-order valence-electron chi connectivity index (χ3n) is 21.3. The van der Waals surface area contributed by atoms with Crippen LogP contribution in [0.15, 0.2) is 170 Å². The van der Waals surface area contributed by atoms with Gasteiger partial charge in [-0.3, -0.25) is 0 Å². The second-order valence-corrected chi connectivity index (χ2v) is 30.4. The van der Waals surface area contributed by atoms with Crippen LogP contribution in [0.25, 0.3) is 55.6 Å². The number of aryl methyl sites for hydroxylation is 1. The number of rotatable bonds is 23. The normalized spacial score (nSPS) is 16.9. The standard InChI is InChI=1S/C36H31F9O.C28H14F12O.C27H20F8O4.C3H6/c1-2-3-4-5-20-6-8-21(9-7-20)22-10-12-26(28(37)14-22)23-11-13-27(29(38)15-23)24-16-30(39)34(31(40)17-24)36(44,45)46-25-18-32(41)35(43)33(42)19-25;1-2-12-3-4-16(17(29)5-12)13-6-18(30)24(19(31)7-13)14-8-20(32)26(21(33)9-14)28(39,40)41-15-10-22(34)25(23(35)11-15)27(36,37)38;1-2-5-25-11-36-27(37-12-25,38-13-25)15-8-19(29)23(20(30)9-15)26(34,35)39-16-3-4-17(18(28)10-16)14-6-21(31)24(33)22(32)7-14;1-3-2/h10-21H,2-9H2,1H3;3-11H,2H2,1H3;3-4,6-10H,2,5,11-13H2,1H3;3H,1H2,2H3. The van der Waals surface area contributed by atoms with Gasteiger partial charge in [-0.25, -0.2) is 87.8 Å². The van der Waals surface area contributed by atoms with Gasteiger partial charge in [0, 0.05) is 63.6 Å². The molecule has 4 aliphatic rings. The number of allylic oxidation sites excluding steroid dienone is 1. The highest BCUT2D eigenvalue weighted by molar-refractivity contribution is 5.74. The lowest BCUT2D eigenvalue weighted by Crippen LogP contribution is -2.58. The van der Waals surface area contributed by atoms with Crippen LogP contribution in [0, 0.1) is 128 Å². The van der Waals surface area contributed by atoms with E-state index in [1.165, 1.54) is 49.9 Å². The van der Waals surface area contributed by atoms with E-state index >= 15 is 8.78 Å². The zero-order valence-corrected chi connectivity index (χ0v) is 67.8. The first-order valence-electron chi connectivity index (χ1n) is 39.4. The summed E-state index contributed by atoms with van der Waals surface area (Å²) in [6.45, 7) is 11.7. The molecule has 129 heavy (non-hydrogen) atoms. The number of benzene rings is 11. The van der Waals surface area contributed by atoms with Gasteiger partial charge in [0.25, 0.3) is 0 Å². The molecule has 0 unspecified atom stereocenters. The van der Waals surface area contributed by atoms with Crippen LogP contribution in [-0.4, -0.2) is 19.8 Å². The predicted molar refractivity (Wildman–Crippen MR) is 415 cm³/mol. The fourth-order valence-electron chi connectivity index (χ4n) is 15.0. The van der Waals surface area contributed by atoms with Crippen LogP contribution in [0.2, 0.25) is 0 Å². The lowest BCUT2D eigenvalue weighted by molar-refractivity contribution is -0.480. The van der Waals surface area contributed by atoms with E-state index in [0.29, 0.717) is 72.5 Å². The van der Waals surface area contributed by atoms with Crippen molar-refractivity contribution in [3.05, 3.63) is 326 Å². The average molecular weight is 1850 g/mol. The van der Waals surface area contributed by atoms with Crippen molar-refractivity contribution in [1.82, 2.24) is 0 Å². The second-order valence-electron chi connectivity index (χ2n) is 30.4. The van der Waals surface area contributed by atoms with Gasteiger partial charge in [0.2, 0.25) is 0 Å². The molecule has 0 amide bonds. The summed E-state index contributed by atoms with van der Waals surface area (Å²) in [6, 6.07) is 18.6. The number of halogens is 29. The van der Waals surface area contributed by atoms with Crippen LogP contribution in [0.4, 0.5) is 127 Å². The van der Waals surface area contributed by atoms with Gasteiger partial charge in [-0.2, -0.15) is 39.5 Å². The van der Waals surface area contributed by atoms with E-state index in [-0.39, 0.29) is 95.5 Å². The van der Waals surface area contributed by atoms with Crippen molar-refractivity contribution in [2.24, 2.45) is 11.3 Å². The monoisotopic (exact) mass is 1850 g/mol. The van der Waals surface area contributed by atoms with Gasteiger partial charge in [-0.05, 0) is 187 Å². The molecule has 15 rings (SSSR count). The number of ether oxygens (including phenoxy) is 6. The van der Waals surface area contributed by atoms with E-state index in [9.17, 15) is 119 Å². The topological polar surface area (TPSA) is 55.4 Å². The molecule has 4 fully saturated rings. The number of hydrogen-bond donors (Lipinski definition) is 0. The van der Waals surface area contributed by atoms with Crippen LogP contribution in [-0.2, 0) is 51.1 Å². The fourth-order valence-corrected chi connectivity index (χ4v) is 15.0. The Morgan fingerprint density at radius 1 is 0.357 bits per heavy atom. The molecule has 1 saturated carbocycles. The molecule has 11 aromatic carbocycles. The highest BCUT2D eigenvalue weighted by Gasteiger charge is 2.55. The Hall–Kier alpha value is -11.6. The third-order valence-corrected chi connectivity index (χ3v) is 21.3. The van der Waals surface area contributed by atoms with Gasteiger partial charge < -0.3 is 28.4 Å². The van der Waals surface area contributed by atoms with E-state index in [1.807, 2.05) is 19.9 Å². The summed E-state index contributed by atoms with van der Waals surface area (Å²) >= 11 is 0. The molecule has 2 bridgehead atoms. The number of unbranched alkanes of at least 4 members (excludes halogenated alkanes) is 2. The maximum absolute atomic E-state index is 15.2. The van der Waals surface area contributed by atoms with Crippen LogP contribution in [0.3, 0.4) is 0 Å². The quantitative estimate of drug-likeness (QED) is 0.0275. The van der Waals surface area contributed by atoms with Crippen LogP contribution >= 0.6 is 0 Å². The molecular weight excluding hydrogens is 1780 g/mol. The molecule has 1 aliphatic carbocycles. The van der Waals surface area contributed by atoms with Gasteiger partial charge in [-0.1, -0.05) is 95.3 Å². The number of alkyl halides is 9. The Labute approximate surface area is 717 Å². The first-order chi connectivity index (χ1) is 60.7. The van der Waals surface area contributed by atoms with Crippen LogP contribution in [0.5, 0.6) is 17.2 Å². The number of fused-ring (bicyclic) bond motifs is 3. The first-order valence-corrected chi connectivity index (χ1v) is 39.4. The minimum absolute atomic E-state index is 0.0875. The fraction of sp³-hybridized carbons (Fsp3) is 0.277. The average Bonchev–Trinajstić information content (AvgIpc) is 0.734. The van der Waals surface area contributed by atoms with Gasteiger partial charge in [0.15, 0.2) is 34.9 Å². The van der Waals surface area contributed by atoms with Gasteiger partial charge >= 0.3 is 30.5 Å². The molecule has 11 aromatic rings. The van der Waals surface area contributed by atoms with E-state index in [4.69, 9.17) is 14.2 Å². The summed E-state index contributed by atoms with van der Waals surface area (Å²) < 4.78 is 442. The Bertz CT molecular complexity index is 5780. The highest BCUT2D eigenvalue weighted by Crippen LogP contribution is 2.50. The minimum atomic E-state index is -5.53. The van der Waals surface area contributed by atoms with Crippen molar-refractivity contribution in [3.63, 3.8) is 0 Å². The molecule has 0 atom stereocenters. The summed E-state index contributed by atoms with van der Waals surface area (Å²) in [4.78, 5) is 0. The van der Waals surface area contributed by atoms with Crippen molar-refractivity contribution >= 4 is 0 Å². The SMILES string of the molecule is C=CC.CCCC12COC(c3cc(F)c(C(F)(F)Oc4ccc(-c5cc(F)c(F)c(F)c5)c(F)c4)c(F)c3)(OC1)OC2.CCCCCC1CCC(c2ccc(-c3ccc(-c4cc(F)c(C(F)(F)Oc5cc(F)c(F)c(F)c5)c(F)c4)c(F)c3)c(F)c2)CC1.CCc1ccc(-c2cc(F)c(-c3cc(F)c(C(F)(F)Oc4cc(F)c(C(F)(F)F)c(F)c4)c(F)c3)c(F)c2)c(F)c1. The van der Waals surface area contributed by atoms with Crippen molar-refractivity contribution < 1.29 is 156 Å². The summed E-state index contributed by atoms with van der Waals surface area (Å²) in [6.07, 6.45) is -7.17. The molecule has 6 nitrogen and oxygen atoms in total. The lowest BCUT2D eigenvalue weighted by Gasteiger charge is -2.51. The summed E-state index contributed by atoms with van der Waals surface area (Å²) in [5.74, 6) is -37.7. The first kappa shape index (κ1) is 98.0. The molecule has 35 heteroatoms. The molecule has 0 radical (unpaired) electrons. The second kappa shape index (κ2) is 39.8. The largest absolute Gasteiger partial charge is 0.432 e. The Kier molecular flexibility index (Phi) is 30.2. The van der Waals surface area contributed by atoms with Crippen molar-refractivity contribution in [1.29, 1.82) is 0 Å². The molecule has 3 heterocycles. The summed E-state index contributed by atoms with van der Waals surface area (Å²) in [5, 5.41) is 0. The molecule has 0 aromatic heterocycles. The molecule has 3 aliphatic heterocycles. The van der Waals surface area contributed by atoms with Gasteiger partial charge in [-0.15, -0.1) is 6.58 Å². The number of hydrogen-bond acceptors (Lipinski definition) is 6. The molecule has 0 N–H and O–H groups in total. The highest BCUT2D eigenvalue weighted by atomic mass is 19.4. The van der Waals surface area contributed by atoms with E-state index in [1.54, 1.807) is 19.1 Å². The lowest BCUT2D eigenvalue weighted by atomic mass is 9.77. The van der Waals surface area contributed by atoms with Crippen LogP contribution < -0.4 is 14.2 Å². The Morgan fingerprint density at radius 2 is 0.705 bits per heavy atom. The zero-order valence-electron chi connectivity index (χ0n) is 67.8. The van der Waals surface area contributed by atoms with Gasteiger partial charge in [0.05, 0.1) is 25.4 Å². The smallest absolute Gasteiger partial charge is 0.429 e. The van der Waals surface area contributed by atoms with Crippen LogP contribution in [0.1, 0.15) is 137 Å². The van der Waals surface area contributed by atoms with E-state index in [0.717, 1.165) is 74.4 Å². The summed E-state index contributed by atoms with van der Waals surface area (Å²) in [7, 11) is 0.